The predicted molar refractivity (Wildman–Crippen MR) is 61.4 cm³/mol. The van der Waals surface area contributed by atoms with E-state index in [1.165, 1.54) is 6.07 Å². The van der Waals surface area contributed by atoms with Crippen LogP contribution in [0.25, 0.3) is 0 Å². The normalized spacial score (nSPS) is 11.8. The first-order valence-electron chi connectivity index (χ1n) is 4.78. The van der Waals surface area contributed by atoms with Gasteiger partial charge in [-0.05, 0) is 15.9 Å². The van der Waals surface area contributed by atoms with E-state index in [0.29, 0.717) is 6.07 Å². The lowest BCUT2D eigenvalue weighted by molar-refractivity contribution is 0.413. The Balaban J connectivity index is 2.55. The van der Waals surface area contributed by atoms with Gasteiger partial charge >= 0.3 is 0 Å². The topological polar surface area (TPSA) is 60.2 Å². The highest BCUT2D eigenvalue weighted by atomic mass is 79.9. The summed E-state index contributed by atoms with van der Waals surface area (Å²) >= 11 is 2.52. The number of rotatable bonds is 3. The zero-order valence-electron chi connectivity index (χ0n) is 9.03. The Kier molecular flexibility index (Phi) is 3.68. The maximum Gasteiger partial charge on any atom is 0.190 e. The number of hydrogen-bond acceptors (Lipinski definition) is 4. The number of halogens is 4. The summed E-state index contributed by atoms with van der Waals surface area (Å²) in [4.78, 5) is -1.20. The average molecular weight is 356 g/mol. The molecule has 19 heavy (non-hydrogen) atoms. The third-order valence-electron chi connectivity index (χ3n) is 2.21. The molecule has 102 valence electrons. The van der Waals surface area contributed by atoms with Crippen LogP contribution in [0, 0.1) is 17.5 Å². The Morgan fingerprint density at radius 1 is 1.26 bits per heavy atom. The van der Waals surface area contributed by atoms with E-state index < -0.39 is 42.4 Å². The zero-order chi connectivity index (χ0) is 14.2. The van der Waals surface area contributed by atoms with Crippen LogP contribution in [0.15, 0.2) is 32.3 Å². The standard InChI is InChI=1S/C10H5BrF3NO3S/c11-8-6(12)3-7(13)10(9(8)14)19(16,17)4-5-1-2-18-15-5/h1-3H,4H2. The lowest BCUT2D eigenvalue weighted by atomic mass is 10.3. The van der Waals surface area contributed by atoms with Gasteiger partial charge in [-0.3, -0.25) is 0 Å². The Labute approximate surface area is 114 Å². The maximum atomic E-state index is 13.7. The van der Waals surface area contributed by atoms with Crippen LogP contribution in [0.5, 0.6) is 0 Å². The van der Waals surface area contributed by atoms with E-state index in [0.717, 1.165) is 6.26 Å². The molecule has 0 aliphatic rings. The first kappa shape index (κ1) is 14.1. The van der Waals surface area contributed by atoms with Crippen LogP contribution in [0.3, 0.4) is 0 Å². The van der Waals surface area contributed by atoms with Gasteiger partial charge in [0.05, 0.1) is 10.2 Å². The fraction of sp³-hybridized carbons (Fsp3) is 0.100. The summed E-state index contributed by atoms with van der Waals surface area (Å²) < 4.78 is 67.7. The fourth-order valence-electron chi connectivity index (χ4n) is 1.41. The van der Waals surface area contributed by atoms with Gasteiger partial charge in [-0.2, -0.15) is 0 Å². The summed E-state index contributed by atoms with van der Waals surface area (Å²) in [6.45, 7) is 0. The van der Waals surface area contributed by atoms with Crippen LogP contribution >= 0.6 is 15.9 Å². The highest BCUT2D eigenvalue weighted by molar-refractivity contribution is 9.10. The van der Waals surface area contributed by atoms with E-state index in [1.807, 2.05) is 0 Å². The zero-order valence-corrected chi connectivity index (χ0v) is 11.4. The van der Waals surface area contributed by atoms with Crippen molar-refractivity contribution >= 4 is 25.8 Å². The molecule has 0 saturated heterocycles. The second-order valence-corrected chi connectivity index (χ2v) is 6.27. The Morgan fingerprint density at radius 3 is 2.53 bits per heavy atom. The van der Waals surface area contributed by atoms with Crippen molar-refractivity contribution in [3.63, 3.8) is 0 Å². The van der Waals surface area contributed by atoms with Crippen molar-refractivity contribution in [2.45, 2.75) is 10.6 Å². The molecule has 0 aliphatic carbocycles. The second-order valence-electron chi connectivity index (χ2n) is 3.55. The molecule has 0 amide bonds. The van der Waals surface area contributed by atoms with Crippen molar-refractivity contribution in [2.24, 2.45) is 0 Å². The molecule has 0 fully saturated rings. The Morgan fingerprint density at radius 2 is 1.95 bits per heavy atom. The summed E-state index contributed by atoms with van der Waals surface area (Å²) in [5.41, 5.74) is -0.0146. The van der Waals surface area contributed by atoms with Crippen LogP contribution in [-0.2, 0) is 15.6 Å². The van der Waals surface area contributed by atoms with Crippen LogP contribution in [0.4, 0.5) is 13.2 Å². The first-order valence-corrected chi connectivity index (χ1v) is 7.22. The monoisotopic (exact) mass is 355 g/mol. The summed E-state index contributed by atoms with van der Waals surface area (Å²) in [6, 6.07) is 1.54. The molecule has 2 rings (SSSR count). The maximum absolute atomic E-state index is 13.7. The summed E-state index contributed by atoms with van der Waals surface area (Å²) in [7, 11) is -4.35. The molecule has 0 aliphatic heterocycles. The molecule has 0 N–H and O–H groups in total. The minimum absolute atomic E-state index is 0.0146. The minimum atomic E-state index is -4.35. The molecule has 0 unspecified atom stereocenters. The molecule has 4 nitrogen and oxygen atoms in total. The SMILES string of the molecule is O=S(=O)(Cc1ccon1)c1c(F)cc(F)c(Br)c1F. The van der Waals surface area contributed by atoms with Crippen molar-refractivity contribution in [1.82, 2.24) is 5.16 Å². The van der Waals surface area contributed by atoms with Crippen molar-refractivity contribution in [1.29, 1.82) is 0 Å². The van der Waals surface area contributed by atoms with Gasteiger partial charge in [-0.15, -0.1) is 0 Å². The Bertz CT molecular complexity index is 716. The third kappa shape index (κ3) is 2.66. The predicted octanol–water partition coefficient (Wildman–Crippen LogP) is 2.83. The van der Waals surface area contributed by atoms with Gasteiger partial charge in [0.25, 0.3) is 0 Å². The second kappa shape index (κ2) is 4.97. The number of aromatic nitrogens is 1. The third-order valence-corrected chi connectivity index (χ3v) is 4.61. The Hall–Kier alpha value is -1.35. The van der Waals surface area contributed by atoms with Crippen LogP contribution in [-0.4, -0.2) is 13.6 Å². The lowest BCUT2D eigenvalue weighted by Gasteiger charge is -2.07. The quantitative estimate of drug-likeness (QED) is 0.482. The van der Waals surface area contributed by atoms with Crippen LogP contribution < -0.4 is 0 Å². The molecular weight excluding hydrogens is 351 g/mol. The van der Waals surface area contributed by atoms with E-state index in [9.17, 15) is 21.6 Å². The summed E-state index contributed by atoms with van der Waals surface area (Å²) in [5.74, 6) is -4.99. The van der Waals surface area contributed by atoms with Gasteiger partial charge in [0.1, 0.15) is 28.5 Å². The number of sulfone groups is 1. The van der Waals surface area contributed by atoms with Crippen LogP contribution in [0.2, 0.25) is 0 Å². The number of benzene rings is 1. The van der Waals surface area contributed by atoms with Gasteiger partial charge in [0.15, 0.2) is 15.7 Å². The van der Waals surface area contributed by atoms with Gasteiger partial charge in [0.2, 0.25) is 0 Å². The first-order chi connectivity index (χ1) is 8.83. The van der Waals surface area contributed by atoms with E-state index >= 15 is 0 Å². The van der Waals surface area contributed by atoms with Crippen molar-refractivity contribution in [2.75, 3.05) is 0 Å². The van der Waals surface area contributed by atoms with E-state index in [-0.39, 0.29) is 5.69 Å². The fourth-order valence-corrected chi connectivity index (χ4v) is 3.27. The highest BCUT2D eigenvalue weighted by Crippen LogP contribution is 2.30. The molecule has 0 bridgehead atoms. The number of nitrogens with zero attached hydrogens (tertiary/aromatic N) is 1. The molecule has 9 heteroatoms. The van der Waals surface area contributed by atoms with Gasteiger partial charge in [0, 0.05) is 12.1 Å². The van der Waals surface area contributed by atoms with Crippen molar-refractivity contribution in [3.05, 3.63) is 46.0 Å². The van der Waals surface area contributed by atoms with E-state index in [2.05, 4.69) is 25.6 Å². The average Bonchev–Trinajstić information content (AvgIpc) is 2.77. The largest absolute Gasteiger partial charge is 0.364 e. The molecule has 0 radical (unpaired) electrons. The molecule has 1 aromatic carbocycles. The molecular formula is C10H5BrF3NO3S. The van der Waals surface area contributed by atoms with Crippen molar-refractivity contribution < 1.29 is 26.1 Å². The molecule has 1 aromatic heterocycles. The highest BCUT2D eigenvalue weighted by Gasteiger charge is 2.29. The van der Waals surface area contributed by atoms with Gasteiger partial charge in [-0.1, -0.05) is 5.16 Å². The molecule has 0 spiro atoms. The number of hydrogen-bond donors (Lipinski definition) is 0. The molecule has 0 saturated carbocycles. The van der Waals surface area contributed by atoms with Crippen LogP contribution in [0.1, 0.15) is 5.69 Å². The minimum Gasteiger partial charge on any atom is -0.364 e. The van der Waals surface area contributed by atoms with Gasteiger partial charge in [-0.25, -0.2) is 21.6 Å². The summed E-state index contributed by atoms with van der Waals surface area (Å²) in [6.07, 6.45) is 1.12. The molecule has 1 heterocycles. The summed E-state index contributed by atoms with van der Waals surface area (Å²) in [5, 5.41) is 3.34. The van der Waals surface area contributed by atoms with E-state index in [1.54, 1.807) is 0 Å². The van der Waals surface area contributed by atoms with E-state index in [4.69, 9.17) is 0 Å². The van der Waals surface area contributed by atoms with Gasteiger partial charge < -0.3 is 4.52 Å². The smallest absolute Gasteiger partial charge is 0.190 e. The molecule has 0 atom stereocenters. The molecule has 2 aromatic rings. The van der Waals surface area contributed by atoms with Crippen molar-refractivity contribution in [3.8, 4) is 0 Å². The lowest BCUT2D eigenvalue weighted by Crippen LogP contribution is -2.11.